The van der Waals surface area contributed by atoms with Gasteiger partial charge in [0.1, 0.15) is 18.2 Å². The Morgan fingerprint density at radius 1 is 1.04 bits per heavy atom. The largest absolute Gasteiger partial charge is 0.492 e. The van der Waals surface area contributed by atoms with E-state index in [2.05, 4.69) is 9.80 Å². The second-order valence-corrected chi connectivity index (χ2v) is 9.64. The van der Waals surface area contributed by atoms with Crippen LogP contribution in [0.4, 0.5) is 4.39 Å². The van der Waals surface area contributed by atoms with Gasteiger partial charge in [-0.15, -0.1) is 0 Å². The van der Waals surface area contributed by atoms with Crippen molar-refractivity contribution in [1.82, 2.24) is 9.80 Å². The Morgan fingerprint density at radius 3 is 2.36 bits per heavy atom. The second kappa shape index (κ2) is 6.85. The molecule has 1 saturated carbocycles. The summed E-state index contributed by atoms with van der Waals surface area (Å²) in [6.07, 6.45) is 2.58. The summed E-state index contributed by atoms with van der Waals surface area (Å²) in [6.45, 7) is 4.05. The van der Waals surface area contributed by atoms with Crippen LogP contribution < -0.4 is 4.74 Å². The summed E-state index contributed by atoms with van der Waals surface area (Å²) in [5.41, 5.74) is 0. The number of nitrogens with zero attached hydrogens (tertiary/aromatic N) is 2. The van der Waals surface area contributed by atoms with E-state index in [1.54, 1.807) is 12.1 Å². The van der Waals surface area contributed by atoms with Gasteiger partial charge in [-0.1, -0.05) is 0 Å². The highest BCUT2D eigenvalue weighted by Gasteiger charge is 2.47. The van der Waals surface area contributed by atoms with Gasteiger partial charge in [-0.3, -0.25) is 9.80 Å². The lowest BCUT2D eigenvalue weighted by Crippen LogP contribution is -2.60. The van der Waals surface area contributed by atoms with Gasteiger partial charge in [0.2, 0.25) is 0 Å². The summed E-state index contributed by atoms with van der Waals surface area (Å²) >= 11 is 0. The zero-order valence-corrected chi connectivity index (χ0v) is 15.1. The SMILES string of the molecule is O=S1(=O)C[C@@H]2[C@H](C1)N(CC1CC1)CCN2CCOc1ccc(F)cc1. The Bertz CT molecular complexity index is 706. The highest BCUT2D eigenvalue weighted by atomic mass is 32.2. The van der Waals surface area contributed by atoms with E-state index in [4.69, 9.17) is 4.74 Å². The number of hydrogen-bond donors (Lipinski definition) is 0. The van der Waals surface area contributed by atoms with Gasteiger partial charge in [0.05, 0.1) is 11.5 Å². The number of halogens is 1. The average molecular weight is 368 g/mol. The molecular weight excluding hydrogens is 343 g/mol. The van der Waals surface area contributed by atoms with Crippen LogP contribution in [0.1, 0.15) is 12.8 Å². The van der Waals surface area contributed by atoms with Crippen molar-refractivity contribution in [2.24, 2.45) is 5.92 Å². The molecule has 3 fully saturated rings. The van der Waals surface area contributed by atoms with Crippen molar-refractivity contribution in [2.45, 2.75) is 24.9 Å². The van der Waals surface area contributed by atoms with E-state index in [9.17, 15) is 12.8 Å². The van der Waals surface area contributed by atoms with Gasteiger partial charge in [-0.05, 0) is 43.0 Å². The summed E-state index contributed by atoms with van der Waals surface area (Å²) in [5.74, 6) is 1.69. The molecule has 25 heavy (non-hydrogen) atoms. The molecule has 0 radical (unpaired) electrons. The maximum absolute atomic E-state index is 12.9. The molecule has 0 aromatic heterocycles. The second-order valence-electron chi connectivity index (χ2n) is 7.49. The van der Waals surface area contributed by atoms with Crippen LogP contribution in [-0.4, -0.2) is 74.6 Å². The first kappa shape index (κ1) is 17.2. The minimum atomic E-state index is -2.96. The topological polar surface area (TPSA) is 49.9 Å². The zero-order valence-electron chi connectivity index (χ0n) is 14.3. The van der Waals surface area contributed by atoms with Crippen LogP contribution in [0.3, 0.4) is 0 Å². The lowest BCUT2D eigenvalue weighted by Gasteiger charge is -2.44. The molecule has 0 amide bonds. The molecule has 2 saturated heterocycles. The number of sulfone groups is 1. The van der Waals surface area contributed by atoms with Crippen molar-refractivity contribution in [3.8, 4) is 5.75 Å². The molecule has 1 aromatic carbocycles. The minimum Gasteiger partial charge on any atom is -0.492 e. The van der Waals surface area contributed by atoms with E-state index in [0.717, 1.165) is 25.6 Å². The summed E-state index contributed by atoms with van der Waals surface area (Å²) in [4.78, 5) is 4.67. The number of hydrogen-bond acceptors (Lipinski definition) is 5. The molecule has 0 unspecified atom stereocenters. The molecule has 0 bridgehead atoms. The Kier molecular flexibility index (Phi) is 4.73. The Hall–Kier alpha value is -1.18. The first-order valence-electron chi connectivity index (χ1n) is 9.07. The summed E-state index contributed by atoms with van der Waals surface area (Å²) < 4.78 is 43.0. The maximum Gasteiger partial charge on any atom is 0.153 e. The van der Waals surface area contributed by atoms with Crippen LogP contribution >= 0.6 is 0 Å². The number of ether oxygens (including phenoxy) is 1. The van der Waals surface area contributed by atoms with Crippen molar-refractivity contribution >= 4 is 9.84 Å². The van der Waals surface area contributed by atoms with E-state index >= 15 is 0 Å². The smallest absolute Gasteiger partial charge is 0.153 e. The van der Waals surface area contributed by atoms with Crippen LogP contribution in [-0.2, 0) is 9.84 Å². The number of piperazine rings is 1. The van der Waals surface area contributed by atoms with Gasteiger partial charge in [0.25, 0.3) is 0 Å². The molecule has 0 N–H and O–H groups in total. The van der Waals surface area contributed by atoms with E-state index in [-0.39, 0.29) is 23.7 Å². The number of fused-ring (bicyclic) bond motifs is 1. The summed E-state index contributed by atoms with van der Waals surface area (Å²) in [6, 6.07) is 6.20. The molecule has 7 heteroatoms. The van der Waals surface area contributed by atoms with Crippen LogP contribution in [0, 0.1) is 11.7 Å². The van der Waals surface area contributed by atoms with Gasteiger partial charge in [0.15, 0.2) is 9.84 Å². The molecule has 2 atom stereocenters. The average Bonchev–Trinajstić information content (AvgIpc) is 3.32. The third-order valence-corrected chi connectivity index (χ3v) is 7.26. The fourth-order valence-electron chi connectivity index (χ4n) is 4.04. The number of benzene rings is 1. The summed E-state index contributed by atoms with van der Waals surface area (Å²) in [5, 5.41) is 0. The minimum absolute atomic E-state index is 0.0781. The Morgan fingerprint density at radius 2 is 1.68 bits per heavy atom. The molecule has 4 rings (SSSR count). The fraction of sp³-hybridized carbons (Fsp3) is 0.667. The van der Waals surface area contributed by atoms with E-state index in [0.29, 0.717) is 24.7 Å². The lowest BCUT2D eigenvalue weighted by molar-refractivity contribution is 0.0349. The van der Waals surface area contributed by atoms with Gasteiger partial charge in [-0.25, -0.2) is 12.8 Å². The highest BCUT2D eigenvalue weighted by molar-refractivity contribution is 7.91. The molecule has 1 aliphatic carbocycles. The predicted molar refractivity (Wildman–Crippen MR) is 94.0 cm³/mol. The molecule has 2 aliphatic heterocycles. The van der Waals surface area contributed by atoms with E-state index in [1.165, 1.54) is 25.0 Å². The molecule has 1 aromatic rings. The zero-order chi connectivity index (χ0) is 17.4. The van der Waals surface area contributed by atoms with Crippen LogP contribution in [0.25, 0.3) is 0 Å². The van der Waals surface area contributed by atoms with Crippen molar-refractivity contribution in [3.05, 3.63) is 30.1 Å². The highest BCUT2D eigenvalue weighted by Crippen LogP contribution is 2.34. The lowest BCUT2D eigenvalue weighted by atomic mass is 10.0. The molecule has 0 spiro atoms. The monoisotopic (exact) mass is 368 g/mol. The molecule has 3 aliphatic rings. The van der Waals surface area contributed by atoms with Crippen LogP contribution in [0.15, 0.2) is 24.3 Å². The first-order valence-corrected chi connectivity index (χ1v) is 10.9. The van der Waals surface area contributed by atoms with Crippen molar-refractivity contribution < 1.29 is 17.5 Å². The number of rotatable bonds is 6. The summed E-state index contributed by atoms with van der Waals surface area (Å²) in [7, 11) is -2.96. The third kappa shape index (κ3) is 4.15. The van der Waals surface area contributed by atoms with Crippen LogP contribution in [0.5, 0.6) is 5.75 Å². The standard InChI is InChI=1S/C18H25FN2O3S/c19-15-3-5-16(6-4-15)24-10-9-20-7-8-21(11-14-1-2-14)18-13-25(22,23)12-17(18)20/h3-6,14,17-18H,1-2,7-13H2/t17-,18+/m1/s1. The van der Waals surface area contributed by atoms with Crippen molar-refractivity contribution in [3.63, 3.8) is 0 Å². The Labute approximate surface area is 148 Å². The maximum atomic E-state index is 12.9. The molecule has 2 heterocycles. The van der Waals surface area contributed by atoms with Gasteiger partial charge in [0, 0.05) is 38.3 Å². The molecular formula is C18H25FN2O3S. The normalized spacial score (nSPS) is 29.5. The van der Waals surface area contributed by atoms with E-state index in [1.807, 2.05) is 0 Å². The molecule has 138 valence electrons. The van der Waals surface area contributed by atoms with Gasteiger partial charge >= 0.3 is 0 Å². The van der Waals surface area contributed by atoms with E-state index < -0.39 is 9.84 Å². The van der Waals surface area contributed by atoms with Gasteiger partial charge < -0.3 is 4.74 Å². The van der Waals surface area contributed by atoms with Crippen LogP contribution in [0.2, 0.25) is 0 Å². The first-order chi connectivity index (χ1) is 12.0. The quantitative estimate of drug-likeness (QED) is 0.760. The van der Waals surface area contributed by atoms with Crippen molar-refractivity contribution in [1.29, 1.82) is 0 Å². The fourth-order valence-corrected chi connectivity index (χ4v) is 6.09. The predicted octanol–water partition coefficient (Wildman–Crippen LogP) is 1.40. The van der Waals surface area contributed by atoms with Gasteiger partial charge in [-0.2, -0.15) is 0 Å². The molecule has 5 nitrogen and oxygen atoms in total. The van der Waals surface area contributed by atoms with Crippen molar-refractivity contribution in [2.75, 3.05) is 44.3 Å². The third-order valence-electron chi connectivity index (χ3n) is 5.56. The Balaban J connectivity index is 1.36.